The minimum atomic E-state index is 0.698. The quantitative estimate of drug-likeness (QED) is 0.599. The van der Waals surface area contributed by atoms with Crippen molar-refractivity contribution in [3.63, 3.8) is 0 Å². The molecule has 1 fully saturated rings. The predicted molar refractivity (Wildman–Crippen MR) is 117 cm³/mol. The molecular formula is C23H27N3OS. The number of hydrogen-bond donors (Lipinski definition) is 0. The Morgan fingerprint density at radius 3 is 2.64 bits per heavy atom. The lowest BCUT2D eigenvalue weighted by Crippen LogP contribution is -2.46. The first-order valence-corrected chi connectivity index (χ1v) is 10.8. The fourth-order valence-electron chi connectivity index (χ4n) is 3.66. The minimum Gasteiger partial charge on any atom is -0.492 e. The van der Waals surface area contributed by atoms with Crippen molar-refractivity contribution in [2.24, 2.45) is 0 Å². The third kappa shape index (κ3) is 4.37. The van der Waals surface area contributed by atoms with Crippen LogP contribution >= 0.6 is 11.3 Å². The van der Waals surface area contributed by atoms with Gasteiger partial charge in [0.05, 0.1) is 18.0 Å². The summed E-state index contributed by atoms with van der Waals surface area (Å²) in [6, 6.07) is 16.9. The van der Waals surface area contributed by atoms with Crippen LogP contribution in [0.3, 0.4) is 0 Å². The second-order valence-corrected chi connectivity index (χ2v) is 8.04. The topological polar surface area (TPSA) is 28.6 Å². The van der Waals surface area contributed by atoms with Crippen molar-refractivity contribution in [3.8, 4) is 16.3 Å². The fraction of sp³-hybridized carbons (Fsp3) is 0.348. The summed E-state index contributed by atoms with van der Waals surface area (Å²) in [6.07, 6.45) is 0. The molecule has 1 saturated heterocycles. The Hall–Kier alpha value is -2.37. The van der Waals surface area contributed by atoms with Crippen molar-refractivity contribution in [2.75, 3.05) is 37.7 Å². The average molecular weight is 394 g/mol. The normalized spacial score (nSPS) is 15.0. The van der Waals surface area contributed by atoms with Crippen LogP contribution in [-0.4, -0.2) is 42.7 Å². The number of benzene rings is 2. The van der Waals surface area contributed by atoms with Gasteiger partial charge in [-0.05, 0) is 32.0 Å². The molecule has 28 heavy (non-hydrogen) atoms. The van der Waals surface area contributed by atoms with Crippen molar-refractivity contribution < 1.29 is 4.74 Å². The highest BCUT2D eigenvalue weighted by molar-refractivity contribution is 7.13. The van der Waals surface area contributed by atoms with Crippen molar-refractivity contribution in [1.29, 1.82) is 0 Å². The lowest BCUT2D eigenvalue weighted by atomic mass is 10.1. The van der Waals surface area contributed by atoms with E-state index in [1.165, 1.54) is 22.5 Å². The van der Waals surface area contributed by atoms with Gasteiger partial charge in [0.2, 0.25) is 0 Å². The highest BCUT2D eigenvalue weighted by Gasteiger charge is 2.20. The minimum absolute atomic E-state index is 0.698. The maximum absolute atomic E-state index is 5.80. The zero-order chi connectivity index (χ0) is 19.3. The van der Waals surface area contributed by atoms with Crippen LogP contribution in [0, 0.1) is 6.92 Å². The number of hydrogen-bond acceptors (Lipinski definition) is 5. The monoisotopic (exact) mass is 393 g/mol. The Labute approximate surface area is 171 Å². The molecule has 0 amide bonds. The molecule has 0 unspecified atom stereocenters. The Balaban J connectivity index is 1.36. The van der Waals surface area contributed by atoms with E-state index in [1.807, 2.05) is 13.0 Å². The highest BCUT2D eigenvalue weighted by atomic mass is 32.1. The summed E-state index contributed by atoms with van der Waals surface area (Å²) in [5, 5.41) is 3.32. The Kier molecular flexibility index (Phi) is 5.93. The number of para-hydroxylation sites is 2. The summed E-state index contributed by atoms with van der Waals surface area (Å²) < 4.78 is 5.80. The number of thiazole rings is 1. The molecule has 0 bridgehead atoms. The SMILES string of the molecule is CCOc1ccccc1N1CCN(Cc2csc(-c3cccc(C)c3)n2)CC1. The van der Waals surface area contributed by atoms with E-state index in [0.29, 0.717) is 6.61 Å². The third-order valence-corrected chi connectivity index (χ3v) is 6.02. The molecule has 0 atom stereocenters. The van der Waals surface area contributed by atoms with Gasteiger partial charge in [-0.3, -0.25) is 4.90 Å². The number of aromatic nitrogens is 1. The molecule has 1 aliphatic rings. The molecule has 4 nitrogen and oxygen atoms in total. The molecule has 4 rings (SSSR count). The Bertz CT molecular complexity index is 915. The first-order chi connectivity index (χ1) is 13.7. The molecule has 2 heterocycles. The molecule has 5 heteroatoms. The summed E-state index contributed by atoms with van der Waals surface area (Å²) in [5.74, 6) is 0.987. The van der Waals surface area contributed by atoms with Gasteiger partial charge in [0.25, 0.3) is 0 Å². The van der Waals surface area contributed by atoms with Gasteiger partial charge in [-0.1, -0.05) is 35.9 Å². The smallest absolute Gasteiger partial charge is 0.142 e. The summed E-state index contributed by atoms with van der Waals surface area (Å²) >= 11 is 1.74. The van der Waals surface area contributed by atoms with Gasteiger partial charge >= 0.3 is 0 Å². The maximum atomic E-state index is 5.80. The number of anilines is 1. The van der Waals surface area contributed by atoms with Crippen molar-refractivity contribution in [1.82, 2.24) is 9.88 Å². The second-order valence-electron chi connectivity index (χ2n) is 7.18. The molecular weight excluding hydrogens is 366 g/mol. The number of piperazine rings is 1. The first-order valence-electron chi connectivity index (χ1n) is 9.93. The van der Waals surface area contributed by atoms with Gasteiger partial charge in [-0.2, -0.15) is 0 Å². The molecule has 146 valence electrons. The van der Waals surface area contributed by atoms with Crippen LogP contribution in [0.15, 0.2) is 53.9 Å². The standard InChI is InChI=1S/C23H27N3OS/c1-3-27-22-10-5-4-9-21(22)26-13-11-25(12-14-26)16-20-17-28-23(24-20)19-8-6-7-18(2)15-19/h4-10,15,17H,3,11-14,16H2,1-2H3. The summed E-state index contributed by atoms with van der Waals surface area (Å²) in [4.78, 5) is 9.80. The zero-order valence-electron chi connectivity index (χ0n) is 16.6. The number of nitrogens with zero attached hydrogens (tertiary/aromatic N) is 3. The largest absolute Gasteiger partial charge is 0.492 e. The zero-order valence-corrected chi connectivity index (χ0v) is 17.4. The predicted octanol–water partition coefficient (Wildman–Crippen LogP) is 4.84. The van der Waals surface area contributed by atoms with Gasteiger partial charge in [0, 0.05) is 43.7 Å². The number of aryl methyl sites for hydroxylation is 1. The fourth-order valence-corrected chi connectivity index (χ4v) is 4.47. The van der Waals surface area contributed by atoms with Crippen LogP contribution in [0.25, 0.3) is 10.6 Å². The van der Waals surface area contributed by atoms with E-state index in [-0.39, 0.29) is 0 Å². The lowest BCUT2D eigenvalue weighted by Gasteiger charge is -2.36. The Morgan fingerprint density at radius 1 is 1.04 bits per heavy atom. The molecule has 2 aromatic carbocycles. The van der Waals surface area contributed by atoms with Gasteiger partial charge < -0.3 is 9.64 Å². The van der Waals surface area contributed by atoms with Crippen LogP contribution in [-0.2, 0) is 6.54 Å². The van der Waals surface area contributed by atoms with E-state index in [0.717, 1.165) is 43.5 Å². The molecule has 0 radical (unpaired) electrons. The molecule has 0 aliphatic carbocycles. The number of ether oxygens (including phenoxy) is 1. The van der Waals surface area contributed by atoms with Crippen LogP contribution in [0.4, 0.5) is 5.69 Å². The first kappa shape index (κ1) is 19.0. The molecule has 3 aromatic rings. The third-order valence-electron chi connectivity index (χ3n) is 5.08. The van der Waals surface area contributed by atoms with Gasteiger partial charge in [0.1, 0.15) is 10.8 Å². The summed E-state index contributed by atoms with van der Waals surface area (Å²) in [7, 11) is 0. The van der Waals surface area contributed by atoms with E-state index >= 15 is 0 Å². The second kappa shape index (κ2) is 8.76. The average Bonchev–Trinajstić information content (AvgIpc) is 3.18. The van der Waals surface area contributed by atoms with Crippen molar-refractivity contribution in [3.05, 3.63) is 65.2 Å². The van der Waals surface area contributed by atoms with Gasteiger partial charge in [-0.15, -0.1) is 11.3 Å². The summed E-state index contributed by atoms with van der Waals surface area (Å²) in [6.45, 7) is 9.88. The van der Waals surface area contributed by atoms with Gasteiger partial charge in [0.15, 0.2) is 0 Å². The van der Waals surface area contributed by atoms with E-state index in [4.69, 9.17) is 9.72 Å². The van der Waals surface area contributed by atoms with E-state index in [9.17, 15) is 0 Å². The molecule has 1 aromatic heterocycles. The highest BCUT2D eigenvalue weighted by Crippen LogP contribution is 2.29. The molecule has 0 N–H and O–H groups in total. The van der Waals surface area contributed by atoms with E-state index in [2.05, 4.69) is 64.6 Å². The lowest BCUT2D eigenvalue weighted by molar-refractivity contribution is 0.246. The molecule has 0 spiro atoms. The van der Waals surface area contributed by atoms with Crippen molar-refractivity contribution in [2.45, 2.75) is 20.4 Å². The molecule has 1 aliphatic heterocycles. The van der Waals surface area contributed by atoms with Gasteiger partial charge in [-0.25, -0.2) is 4.98 Å². The van der Waals surface area contributed by atoms with Crippen LogP contribution in [0.2, 0.25) is 0 Å². The maximum Gasteiger partial charge on any atom is 0.142 e. The number of rotatable bonds is 6. The van der Waals surface area contributed by atoms with Crippen molar-refractivity contribution >= 4 is 17.0 Å². The van der Waals surface area contributed by atoms with Crippen LogP contribution in [0.1, 0.15) is 18.2 Å². The summed E-state index contributed by atoms with van der Waals surface area (Å²) in [5.41, 5.74) is 4.87. The van der Waals surface area contributed by atoms with Crippen LogP contribution in [0.5, 0.6) is 5.75 Å². The Morgan fingerprint density at radius 2 is 1.86 bits per heavy atom. The van der Waals surface area contributed by atoms with Crippen LogP contribution < -0.4 is 9.64 Å². The molecule has 0 saturated carbocycles. The van der Waals surface area contributed by atoms with E-state index < -0.39 is 0 Å². The van der Waals surface area contributed by atoms with E-state index in [1.54, 1.807) is 11.3 Å².